The number of carbonyl (C=O) groups is 1. The quantitative estimate of drug-likeness (QED) is 0.833. The molecular weight excluding hydrogens is 373 g/mol. The molecule has 1 amide bonds. The normalized spacial score (nSPS) is 22.2. The summed E-state index contributed by atoms with van der Waals surface area (Å²) in [6.45, 7) is 4.05. The first-order chi connectivity index (χ1) is 13.4. The summed E-state index contributed by atoms with van der Waals surface area (Å²) in [5.74, 6) is -2.00. The predicted octanol–water partition coefficient (Wildman–Crippen LogP) is 2.17. The van der Waals surface area contributed by atoms with Crippen LogP contribution in [0.4, 0.5) is 24.8 Å². The maximum absolute atomic E-state index is 14.4. The molecule has 2 aliphatic rings. The number of nitrogens with one attached hydrogen (secondary N) is 2. The topological polar surface area (TPSA) is 83.0 Å². The number of hydrogen-bond donors (Lipinski definition) is 2. The van der Waals surface area contributed by atoms with Crippen molar-refractivity contribution in [2.45, 2.75) is 31.7 Å². The Kier molecular flexibility index (Phi) is 4.88. The zero-order valence-electron chi connectivity index (χ0n) is 15.1. The van der Waals surface area contributed by atoms with Gasteiger partial charge in [0, 0.05) is 49.8 Å². The van der Waals surface area contributed by atoms with Crippen LogP contribution in [0, 0.1) is 5.82 Å². The maximum atomic E-state index is 14.4. The first kappa shape index (κ1) is 18.6. The molecule has 0 unspecified atom stereocenters. The van der Waals surface area contributed by atoms with Gasteiger partial charge >= 0.3 is 0 Å². The summed E-state index contributed by atoms with van der Waals surface area (Å²) in [4.78, 5) is 26.2. The highest BCUT2D eigenvalue weighted by Crippen LogP contribution is 2.40. The lowest BCUT2D eigenvalue weighted by molar-refractivity contribution is -0.117. The molecule has 2 atom stereocenters. The van der Waals surface area contributed by atoms with E-state index in [-0.39, 0.29) is 35.2 Å². The van der Waals surface area contributed by atoms with Crippen LogP contribution in [0.5, 0.6) is 0 Å². The van der Waals surface area contributed by atoms with Gasteiger partial charge in [-0.25, -0.2) is 28.1 Å². The minimum atomic E-state index is -2.78. The van der Waals surface area contributed by atoms with Crippen LogP contribution in [0.2, 0.25) is 0 Å². The van der Waals surface area contributed by atoms with Gasteiger partial charge < -0.3 is 15.5 Å². The molecular formula is C18H19F3N6O. The molecule has 7 nitrogen and oxygen atoms in total. The van der Waals surface area contributed by atoms with Crippen molar-refractivity contribution in [2.75, 3.05) is 29.9 Å². The summed E-state index contributed by atoms with van der Waals surface area (Å²) in [5.41, 5.74) is 0.343. The van der Waals surface area contributed by atoms with E-state index in [0.29, 0.717) is 18.9 Å². The molecule has 2 N–H and O–H groups in total. The SMILES string of the molecule is C[C@H]1CN(c2cc(F)cc(-c3ncnc4c3[C@@H](C(F)F)CC(=O)N4)n2)CCN1. The molecule has 1 fully saturated rings. The van der Waals surface area contributed by atoms with E-state index in [4.69, 9.17) is 0 Å². The first-order valence-corrected chi connectivity index (χ1v) is 9.01. The minimum Gasteiger partial charge on any atom is -0.354 e. The van der Waals surface area contributed by atoms with Crippen molar-refractivity contribution in [3.05, 3.63) is 29.8 Å². The molecule has 0 aromatic carbocycles. The Labute approximate surface area is 159 Å². The number of halogens is 3. The Morgan fingerprint density at radius 1 is 1.29 bits per heavy atom. The smallest absolute Gasteiger partial charge is 0.246 e. The molecule has 0 radical (unpaired) electrons. The standard InChI is InChI=1S/C18H19F3N6O/c1-9-7-27(3-2-22-9)13-5-10(19)4-12(25-13)16-15-11(17(20)21)6-14(28)26-18(15)24-8-23-16/h4-5,8-9,11,17,22H,2-3,6-7H2,1H3,(H,23,24,26,28)/t9-,11-/m0/s1. The molecule has 2 aromatic rings. The zero-order valence-corrected chi connectivity index (χ0v) is 15.1. The summed E-state index contributed by atoms with van der Waals surface area (Å²) >= 11 is 0. The molecule has 10 heteroatoms. The maximum Gasteiger partial charge on any atom is 0.246 e. The van der Waals surface area contributed by atoms with E-state index in [2.05, 4.69) is 25.6 Å². The van der Waals surface area contributed by atoms with Crippen molar-refractivity contribution in [1.29, 1.82) is 0 Å². The van der Waals surface area contributed by atoms with Crippen molar-refractivity contribution >= 4 is 17.5 Å². The van der Waals surface area contributed by atoms with E-state index in [9.17, 15) is 18.0 Å². The molecule has 2 aromatic heterocycles. The average molecular weight is 392 g/mol. The van der Waals surface area contributed by atoms with E-state index in [1.807, 2.05) is 11.8 Å². The number of nitrogens with zero attached hydrogens (tertiary/aromatic N) is 4. The lowest BCUT2D eigenvalue weighted by Gasteiger charge is -2.33. The van der Waals surface area contributed by atoms with Crippen LogP contribution in [0.15, 0.2) is 18.5 Å². The van der Waals surface area contributed by atoms with Gasteiger partial charge in [0.25, 0.3) is 0 Å². The van der Waals surface area contributed by atoms with Gasteiger partial charge in [-0.05, 0) is 6.92 Å². The van der Waals surface area contributed by atoms with E-state index in [0.717, 1.165) is 18.9 Å². The number of carbonyl (C=O) groups excluding carboxylic acids is 1. The highest BCUT2D eigenvalue weighted by molar-refractivity contribution is 5.95. The molecule has 0 aliphatic carbocycles. The third-order valence-corrected chi connectivity index (χ3v) is 4.93. The molecule has 4 heterocycles. The number of piperazine rings is 1. The van der Waals surface area contributed by atoms with Gasteiger partial charge in [0.15, 0.2) is 0 Å². The van der Waals surface area contributed by atoms with Crippen LogP contribution < -0.4 is 15.5 Å². The van der Waals surface area contributed by atoms with E-state index in [1.165, 1.54) is 6.07 Å². The highest BCUT2D eigenvalue weighted by atomic mass is 19.3. The molecule has 28 heavy (non-hydrogen) atoms. The zero-order chi connectivity index (χ0) is 19.8. The summed E-state index contributed by atoms with van der Waals surface area (Å²) in [6, 6.07) is 2.70. The van der Waals surface area contributed by atoms with E-state index >= 15 is 0 Å². The number of alkyl halides is 2. The van der Waals surface area contributed by atoms with Gasteiger partial charge in [0.2, 0.25) is 12.3 Å². The largest absolute Gasteiger partial charge is 0.354 e. The fraction of sp³-hybridized carbons (Fsp3) is 0.444. The second-order valence-electron chi connectivity index (χ2n) is 7.01. The molecule has 0 spiro atoms. The van der Waals surface area contributed by atoms with Gasteiger partial charge in [-0.15, -0.1) is 0 Å². The Hall–Kier alpha value is -2.75. The number of anilines is 2. The van der Waals surface area contributed by atoms with Gasteiger partial charge in [0.05, 0.1) is 17.3 Å². The van der Waals surface area contributed by atoms with Gasteiger partial charge in [-0.2, -0.15) is 0 Å². The number of pyridine rings is 1. The first-order valence-electron chi connectivity index (χ1n) is 9.01. The number of hydrogen-bond acceptors (Lipinski definition) is 6. The molecule has 2 aliphatic heterocycles. The van der Waals surface area contributed by atoms with Crippen molar-refractivity contribution in [1.82, 2.24) is 20.3 Å². The van der Waals surface area contributed by atoms with Crippen molar-refractivity contribution in [3.8, 4) is 11.4 Å². The highest BCUT2D eigenvalue weighted by Gasteiger charge is 2.36. The number of fused-ring (bicyclic) bond motifs is 1. The number of amides is 1. The number of aromatic nitrogens is 3. The summed E-state index contributed by atoms with van der Waals surface area (Å²) < 4.78 is 41.6. The van der Waals surface area contributed by atoms with Crippen LogP contribution in [0.25, 0.3) is 11.4 Å². The summed E-state index contributed by atoms with van der Waals surface area (Å²) in [6.07, 6.45) is -2.01. The van der Waals surface area contributed by atoms with E-state index < -0.39 is 24.1 Å². The summed E-state index contributed by atoms with van der Waals surface area (Å²) in [5, 5.41) is 5.79. The Balaban J connectivity index is 1.80. The third kappa shape index (κ3) is 3.51. The van der Waals surface area contributed by atoms with Crippen molar-refractivity contribution in [3.63, 3.8) is 0 Å². The van der Waals surface area contributed by atoms with Crippen LogP contribution in [0.1, 0.15) is 24.8 Å². The Morgan fingerprint density at radius 2 is 2.11 bits per heavy atom. The molecule has 1 saturated heterocycles. The molecule has 148 valence electrons. The van der Waals surface area contributed by atoms with Crippen molar-refractivity contribution < 1.29 is 18.0 Å². The second kappa shape index (κ2) is 7.34. The minimum absolute atomic E-state index is 0.0231. The average Bonchev–Trinajstić information content (AvgIpc) is 2.66. The lowest BCUT2D eigenvalue weighted by atomic mass is 9.90. The second-order valence-corrected chi connectivity index (χ2v) is 7.01. The van der Waals surface area contributed by atoms with Crippen LogP contribution in [0.3, 0.4) is 0 Å². The lowest BCUT2D eigenvalue weighted by Crippen LogP contribution is -2.49. The molecule has 0 saturated carbocycles. The van der Waals surface area contributed by atoms with Gasteiger partial charge in [-0.3, -0.25) is 4.79 Å². The molecule has 0 bridgehead atoms. The monoisotopic (exact) mass is 392 g/mol. The fourth-order valence-corrected chi connectivity index (χ4v) is 3.66. The van der Waals surface area contributed by atoms with Gasteiger partial charge in [-0.1, -0.05) is 0 Å². The molecule has 4 rings (SSSR count). The Morgan fingerprint density at radius 3 is 2.86 bits per heavy atom. The van der Waals surface area contributed by atoms with Crippen LogP contribution in [-0.2, 0) is 4.79 Å². The van der Waals surface area contributed by atoms with Gasteiger partial charge in [0.1, 0.15) is 23.8 Å². The summed E-state index contributed by atoms with van der Waals surface area (Å²) in [7, 11) is 0. The van der Waals surface area contributed by atoms with E-state index in [1.54, 1.807) is 0 Å². The van der Waals surface area contributed by atoms with Crippen LogP contribution >= 0.6 is 0 Å². The fourth-order valence-electron chi connectivity index (χ4n) is 3.66. The number of rotatable bonds is 3. The third-order valence-electron chi connectivity index (χ3n) is 4.93. The van der Waals surface area contributed by atoms with Crippen LogP contribution in [-0.4, -0.2) is 53.0 Å². The Bertz CT molecular complexity index is 909. The van der Waals surface area contributed by atoms with Crippen molar-refractivity contribution in [2.24, 2.45) is 0 Å². The predicted molar refractivity (Wildman–Crippen MR) is 96.9 cm³/mol.